The van der Waals surface area contributed by atoms with Gasteiger partial charge in [0.25, 0.3) is 0 Å². The monoisotopic (exact) mass is 330 g/mol. The summed E-state index contributed by atoms with van der Waals surface area (Å²) in [6, 6.07) is 14.9. The van der Waals surface area contributed by atoms with E-state index in [1.54, 1.807) is 0 Å². The fourth-order valence-electron chi connectivity index (χ4n) is 2.52. The Morgan fingerprint density at radius 3 is 2.57 bits per heavy atom. The Hall–Kier alpha value is -2.04. The zero-order valence-corrected chi connectivity index (χ0v) is 13.5. The second kappa shape index (κ2) is 7.49. The maximum Gasteiger partial charge on any atom is 0.241 e. The predicted molar refractivity (Wildman–Crippen MR) is 91.9 cm³/mol. The third-order valence-electron chi connectivity index (χ3n) is 3.82. The minimum Gasteiger partial charge on any atom is -0.489 e. The molecule has 2 aromatic rings. The first-order valence-electron chi connectivity index (χ1n) is 7.72. The van der Waals surface area contributed by atoms with E-state index in [9.17, 15) is 4.79 Å². The molecule has 1 heterocycles. The van der Waals surface area contributed by atoms with E-state index in [-0.39, 0.29) is 11.9 Å². The SMILES string of the molecule is O=C(Nc1ccc(OCc2ccc(Cl)cc2)cc1)C1CCCN1. The lowest BCUT2D eigenvalue weighted by molar-refractivity contribution is -0.117. The quantitative estimate of drug-likeness (QED) is 0.880. The van der Waals surface area contributed by atoms with Gasteiger partial charge in [0.15, 0.2) is 0 Å². The highest BCUT2D eigenvalue weighted by molar-refractivity contribution is 6.30. The summed E-state index contributed by atoms with van der Waals surface area (Å²) in [4.78, 5) is 12.0. The number of anilines is 1. The van der Waals surface area contributed by atoms with E-state index in [0.717, 1.165) is 36.4 Å². The van der Waals surface area contributed by atoms with Gasteiger partial charge in [0.1, 0.15) is 12.4 Å². The van der Waals surface area contributed by atoms with Crippen LogP contribution in [0.4, 0.5) is 5.69 Å². The van der Waals surface area contributed by atoms with E-state index in [4.69, 9.17) is 16.3 Å². The van der Waals surface area contributed by atoms with Gasteiger partial charge in [-0.3, -0.25) is 4.79 Å². The molecule has 1 aliphatic heterocycles. The molecule has 1 amide bonds. The van der Waals surface area contributed by atoms with Gasteiger partial charge in [-0.2, -0.15) is 0 Å². The Morgan fingerprint density at radius 1 is 1.17 bits per heavy atom. The largest absolute Gasteiger partial charge is 0.489 e. The molecule has 120 valence electrons. The molecule has 0 aliphatic carbocycles. The normalized spacial score (nSPS) is 17.0. The number of rotatable bonds is 5. The average Bonchev–Trinajstić information content (AvgIpc) is 3.10. The first-order chi connectivity index (χ1) is 11.2. The maximum atomic E-state index is 12.0. The van der Waals surface area contributed by atoms with Gasteiger partial charge in [0.05, 0.1) is 6.04 Å². The van der Waals surface area contributed by atoms with Crippen LogP contribution in [0.15, 0.2) is 48.5 Å². The molecule has 3 rings (SSSR count). The topological polar surface area (TPSA) is 50.4 Å². The molecule has 5 heteroatoms. The number of nitrogens with one attached hydrogen (secondary N) is 2. The highest BCUT2D eigenvalue weighted by Crippen LogP contribution is 2.18. The van der Waals surface area contributed by atoms with Crippen LogP contribution in [-0.2, 0) is 11.4 Å². The van der Waals surface area contributed by atoms with Crippen molar-refractivity contribution in [1.29, 1.82) is 0 Å². The van der Waals surface area contributed by atoms with Crippen LogP contribution in [0.1, 0.15) is 18.4 Å². The van der Waals surface area contributed by atoms with Crippen molar-refractivity contribution in [3.63, 3.8) is 0 Å². The summed E-state index contributed by atoms with van der Waals surface area (Å²) in [5.74, 6) is 0.786. The van der Waals surface area contributed by atoms with Crippen molar-refractivity contribution in [3.05, 3.63) is 59.1 Å². The summed E-state index contributed by atoms with van der Waals surface area (Å²) >= 11 is 5.86. The van der Waals surface area contributed by atoms with Crippen molar-refractivity contribution < 1.29 is 9.53 Å². The molecule has 0 aromatic heterocycles. The molecule has 1 aliphatic rings. The van der Waals surface area contributed by atoms with Crippen LogP contribution in [0.5, 0.6) is 5.75 Å². The lowest BCUT2D eigenvalue weighted by atomic mass is 10.2. The van der Waals surface area contributed by atoms with Gasteiger partial charge < -0.3 is 15.4 Å². The number of benzene rings is 2. The second-order valence-corrected chi connectivity index (χ2v) is 6.01. The van der Waals surface area contributed by atoms with Crippen LogP contribution in [0, 0.1) is 0 Å². The standard InChI is InChI=1S/C18H19ClN2O2/c19-14-5-3-13(4-6-14)12-23-16-9-7-15(8-10-16)21-18(22)17-2-1-11-20-17/h3-10,17,20H,1-2,11-12H2,(H,21,22). The van der Waals surface area contributed by atoms with Crippen LogP contribution >= 0.6 is 11.6 Å². The molecule has 2 N–H and O–H groups in total. The summed E-state index contributed by atoms with van der Waals surface area (Å²) < 4.78 is 5.72. The van der Waals surface area contributed by atoms with Crippen molar-refractivity contribution in [2.75, 3.05) is 11.9 Å². The van der Waals surface area contributed by atoms with Crippen molar-refractivity contribution in [1.82, 2.24) is 5.32 Å². The lowest BCUT2D eigenvalue weighted by Crippen LogP contribution is -2.35. The van der Waals surface area contributed by atoms with Crippen LogP contribution in [0.3, 0.4) is 0 Å². The van der Waals surface area contributed by atoms with Crippen molar-refractivity contribution in [3.8, 4) is 5.75 Å². The Balaban J connectivity index is 1.52. The van der Waals surface area contributed by atoms with Gasteiger partial charge in [-0.15, -0.1) is 0 Å². The van der Waals surface area contributed by atoms with E-state index in [2.05, 4.69) is 10.6 Å². The third kappa shape index (κ3) is 4.47. The Morgan fingerprint density at radius 2 is 1.91 bits per heavy atom. The number of amides is 1. The van der Waals surface area contributed by atoms with Gasteiger partial charge in [-0.1, -0.05) is 23.7 Å². The Bertz CT molecular complexity index is 650. The highest BCUT2D eigenvalue weighted by Gasteiger charge is 2.21. The summed E-state index contributed by atoms with van der Waals surface area (Å²) in [6.45, 7) is 1.39. The van der Waals surface area contributed by atoms with Crippen molar-refractivity contribution >= 4 is 23.2 Å². The number of hydrogen-bond donors (Lipinski definition) is 2. The van der Waals surface area contributed by atoms with Gasteiger partial charge in [-0.05, 0) is 61.3 Å². The van der Waals surface area contributed by atoms with Crippen LogP contribution in [0.25, 0.3) is 0 Å². The van der Waals surface area contributed by atoms with Crippen LogP contribution < -0.4 is 15.4 Å². The van der Waals surface area contributed by atoms with Gasteiger partial charge in [0, 0.05) is 10.7 Å². The number of ether oxygens (including phenoxy) is 1. The zero-order valence-electron chi connectivity index (χ0n) is 12.7. The molecule has 0 bridgehead atoms. The number of halogens is 1. The molecule has 2 aromatic carbocycles. The molecular weight excluding hydrogens is 312 g/mol. The summed E-state index contributed by atoms with van der Waals surface area (Å²) in [5, 5.41) is 6.82. The van der Waals surface area contributed by atoms with E-state index in [1.165, 1.54) is 0 Å². The summed E-state index contributed by atoms with van der Waals surface area (Å²) in [6.07, 6.45) is 1.95. The molecule has 4 nitrogen and oxygen atoms in total. The number of hydrogen-bond acceptors (Lipinski definition) is 3. The van der Waals surface area contributed by atoms with Crippen LogP contribution in [-0.4, -0.2) is 18.5 Å². The molecule has 23 heavy (non-hydrogen) atoms. The minimum absolute atomic E-state index is 0.0253. The predicted octanol–water partition coefficient (Wildman–Crippen LogP) is 3.61. The van der Waals surface area contributed by atoms with Crippen LogP contribution in [0.2, 0.25) is 5.02 Å². The maximum absolute atomic E-state index is 12.0. The molecule has 0 spiro atoms. The van der Waals surface area contributed by atoms with Gasteiger partial charge in [-0.25, -0.2) is 0 Å². The smallest absolute Gasteiger partial charge is 0.241 e. The third-order valence-corrected chi connectivity index (χ3v) is 4.07. The molecule has 1 unspecified atom stereocenters. The zero-order chi connectivity index (χ0) is 16.1. The average molecular weight is 331 g/mol. The summed E-state index contributed by atoms with van der Waals surface area (Å²) in [5.41, 5.74) is 1.83. The van der Waals surface area contributed by atoms with Gasteiger partial charge in [0.2, 0.25) is 5.91 Å². The molecule has 1 saturated heterocycles. The number of carbonyl (C=O) groups excluding carboxylic acids is 1. The minimum atomic E-state index is -0.0733. The Labute approximate surface area is 140 Å². The fraction of sp³-hybridized carbons (Fsp3) is 0.278. The summed E-state index contributed by atoms with van der Waals surface area (Å²) in [7, 11) is 0. The van der Waals surface area contributed by atoms with Crippen molar-refractivity contribution in [2.24, 2.45) is 0 Å². The van der Waals surface area contributed by atoms with E-state index < -0.39 is 0 Å². The first kappa shape index (κ1) is 15.8. The second-order valence-electron chi connectivity index (χ2n) is 5.58. The molecule has 1 fully saturated rings. The van der Waals surface area contributed by atoms with Crippen molar-refractivity contribution in [2.45, 2.75) is 25.5 Å². The molecule has 0 saturated carbocycles. The van der Waals surface area contributed by atoms with E-state index >= 15 is 0 Å². The first-order valence-corrected chi connectivity index (χ1v) is 8.10. The molecule has 1 atom stereocenters. The molecule has 0 radical (unpaired) electrons. The lowest BCUT2D eigenvalue weighted by Gasteiger charge is -2.12. The van der Waals surface area contributed by atoms with E-state index in [1.807, 2.05) is 48.5 Å². The number of carbonyl (C=O) groups is 1. The Kier molecular flexibility index (Phi) is 5.16. The fourth-order valence-corrected chi connectivity index (χ4v) is 2.65. The van der Waals surface area contributed by atoms with E-state index in [0.29, 0.717) is 11.6 Å². The molecular formula is C18H19ClN2O2. The highest BCUT2D eigenvalue weighted by atomic mass is 35.5. The van der Waals surface area contributed by atoms with Gasteiger partial charge >= 0.3 is 0 Å².